The van der Waals surface area contributed by atoms with Crippen LogP contribution in [0.4, 0.5) is 17.3 Å². The van der Waals surface area contributed by atoms with Crippen molar-refractivity contribution in [3.05, 3.63) is 41.7 Å². The molecule has 3 heterocycles. The molecule has 0 aliphatic carbocycles. The second kappa shape index (κ2) is 7.20. The molecule has 2 saturated heterocycles. The van der Waals surface area contributed by atoms with Crippen molar-refractivity contribution in [3.63, 3.8) is 0 Å². The summed E-state index contributed by atoms with van der Waals surface area (Å²) in [5.74, 6) is 2.94. The first kappa shape index (κ1) is 16.6. The van der Waals surface area contributed by atoms with E-state index in [1.54, 1.807) is 0 Å². The summed E-state index contributed by atoms with van der Waals surface area (Å²) in [6.07, 6.45) is 2.50. The van der Waals surface area contributed by atoms with Crippen LogP contribution in [0.25, 0.3) is 0 Å². The zero-order valence-corrected chi connectivity index (χ0v) is 15.2. The molecule has 2 aliphatic heterocycles. The van der Waals surface area contributed by atoms with Crippen LogP contribution in [-0.4, -0.2) is 49.2 Å². The van der Waals surface area contributed by atoms with Crippen LogP contribution in [-0.2, 0) is 0 Å². The third kappa shape index (κ3) is 3.43. The molecule has 1 aromatic carbocycles. The van der Waals surface area contributed by atoms with E-state index < -0.39 is 0 Å². The SMILES string of the molecule is Cc1nc(N2CCCC2)cc(N2CCN(c3cccc(C#N)c3)CC2)n1. The minimum atomic E-state index is 0.714. The molecule has 2 fully saturated rings. The number of hydrogen-bond donors (Lipinski definition) is 0. The first-order chi connectivity index (χ1) is 12.7. The van der Waals surface area contributed by atoms with Crippen LogP contribution in [0.15, 0.2) is 30.3 Å². The Balaban J connectivity index is 1.47. The Labute approximate surface area is 154 Å². The van der Waals surface area contributed by atoms with Gasteiger partial charge in [-0.2, -0.15) is 5.26 Å². The van der Waals surface area contributed by atoms with E-state index in [0.717, 1.165) is 62.4 Å². The predicted octanol–water partition coefficient (Wildman–Crippen LogP) is 2.58. The van der Waals surface area contributed by atoms with Gasteiger partial charge in [0.05, 0.1) is 11.6 Å². The number of rotatable bonds is 3. The van der Waals surface area contributed by atoms with E-state index in [1.807, 2.05) is 25.1 Å². The molecule has 0 bridgehead atoms. The Morgan fingerprint density at radius 1 is 0.846 bits per heavy atom. The molecular weight excluding hydrogens is 324 g/mol. The molecule has 2 aliphatic rings. The van der Waals surface area contributed by atoms with E-state index in [-0.39, 0.29) is 0 Å². The molecule has 0 atom stereocenters. The Bertz CT molecular complexity index is 813. The molecule has 0 spiro atoms. The summed E-state index contributed by atoms with van der Waals surface area (Å²) in [5.41, 5.74) is 1.84. The summed E-state index contributed by atoms with van der Waals surface area (Å²) in [5, 5.41) is 9.10. The number of hydrogen-bond acceptors (Lipinski definition) is 6. The maximum atomic E-state index is 9.10. The van der Waals surface area contributed by atoms with Gasteiger partial charge in [-0.1, -0.05) is 6.07 Å². The highest BCUT2D eigenvalue weighted by Gasteiger charge is 2.21. The lowest BCUT2D eigenvalue weighted by molar-refractivity contribution is 0.645. The fraction of sp³-hybridized carbons (Fsp3) is 0.450. The maximum Gasteiger partial charge on any atom is 0.134 e. The quantitative estimate of drug-likeness (QED) is 0.850. The number of nitrogens with zero attached hydrogens (tertiary/aromatic N) is 6. The Morgan fingerprint density at radius 3 is 2.12 bits per heavy atom. The third-order valence-corrected chi connectivity index (χ3v) is 5.19. The van der Waals surface area contributed by atoms with Crippen LogP contribution in [0.5, 0.6) is 0 Å². The van der Waals surface area contributed by atoms with Crippen molar-refractivity contribution in [1.29, 1.82) is 5.26 Å². The predicted molar refractivity (Wildman–Crippen MR) is 104 cm³/mol. The van der Waals surface area contributed by atoms with Gasteiger partial charge < -0.3 is 14.7 Å². The number of anilines is 3. The Kier molecular flexibility index (Phi) is 4.61. The molecule has 6 heteroatoms. The lowest BCUT2D eigenvalue weighted by atomic mass is 10.2. The Hall–Kier alpha value is -2.81. The van der Waals surface area contributed by atoms with Crippen molar-refractivity contribution in [1.82, 2.24) is 9.97 Å². The van der Waals surface area contributed by atoms with Gasteiger partial charge in [0.25, 0.3) is 0 Å². The van der Waals surface area contributed by atoms with Crippen molar-refractivity contribution >= 4 is 17.3 Å². The molecule has 0 N–H and O–H groups in total. The first-order valence-corrected chi connectivity index (χ1v) is 9.33. The summed E-state index contributed by atoms with van der Waals surface area (Å²) in [7, 11) is 0. The van der Waals surface area contributed by atoms with Crippen molar-refractivity contribution in [3.8, 4) is 6.07 Å². The highest BCUT2D eigenvalue weighted by molar-refractivity contribution is 5.55. The number of aryl methyl sites for hydroxylation is 1. The van der Waals surface area contributed by atoms with Gasteiger partial charge in [0.2, 0.25) is 0 Å². The van der Waals surface area contributed by atoms with Crippen molar-refractivity contribution in [2.75, 3.05) is 54.0 Å². The zero-order valence-electron chi connectivity index (χ0n) is 15.2. The number of piperazine rings is 1. The largest absolute Gasteiger partial charge is 0.368 e. The van der Waals surface area contributed by atoms with Crippen molar-refractivity contribution < 1.29 is 0 Å². The lowest BCUT2D eigenvalue weighted by Gasteiger charge is -2.37. The summed E-state index contributed by atoms with van der Waals surface area (Å²) in [6, 6.07) is 12.2. The maximum absolute atomic E-state index is 9.10. The van der Waals surface area contributed by atoms with Gasteiger partial charge in [0.1, 0.15) is 17.5 Å². The normalized spacial score (nSPS) is 17.5. The summed E-state index contributed by atoms with van der Waals surface area (Å²) in [4.78, 5) is 16.4. The lowest BCUT2D eigenvalue weighted by Crippen LogP contribution is -2.47. The van der Waals surface area contributed by atoms with Crippen molar-refractivity contribution in [2.45, 2.75) is 19.8 Å². The first-order valence-electron chi connectivity index (χ1n) is 9.33. The third-order valence-electron chi connectivity index (χ3n) is 5.19. The average Bonchev–Trinajstić information content (AvgIpc) is 3.23. The van der Waals surface area contributed by atoms with E-state index in [2.05, 4.69) is 42.9 Å². The molecule has 6 nitrogen and oxygen atoms in total. The van der Waals surface area contributed by atoms with Crippen LogP contribution in [0.3, 0.4) is 0 Å². The van der Waals surface area contributed by atoms with Gasteiger partial charge in [-0.25, -0.2) is 9.97 Å². The average molecular weight is 348 g/mol. The van der Waals surface area contributed by atoms with E-state index in [0.29, 0.717) is 5.56 Å². The molecule has 0 radical (unpaired) electrons. The molecular formula is C20H24N6. The van der Waals surface area contributed by atoms with Gasteiger partial charge in [-0.15, -0.1) is 0 Å². The fourth-order valence-electron chi connectivity index (χ4n) is 3.77. The van der Waals surface area contributed by atoms with Crippen LogP contribution in [0.1, 0.15) is 24.2 Å². The smallest absolute Gasteiger partial charge is 0.134 e. The molecule has 1 aromatic heterocycles. The summed E-state index contributed by atoms with van der Waals surface area (Å²) < 4.78 is 0. The molecule has 134 valence electrons. The van der Waals surface area contributed by atoms with Crippen molar-refractivity contribution in [2.24, 2.45) is 0 Å². The van der Waals surface area contributed by atoms with Gasteiger partial charge in [0.15, 0.2) is 0 Å². The molecule has 26 heavy (non-hydrogen) atoms. The van der Waals surface area contributed by atoms with Gasteiger partial charge >= 0.3 is 0 Å². The van der Waals surface area contributed by atoms with Crippen LogP contribution >= 0.6 is 0 Å². The van der Waals surface area contributed by atoms with Crippen LogP contribution < -0.4 is 14.7 Å². The monoisotopic (exact) mass is 348 g/mol. The van der Waals surface area contributed by atoms with Crippen LogP contribution in [0, 0.1) is 18.3 Å². The molecule has 0 saturated carbocycles. The number of benzene rings is 1. The molecule has 0 unspecified atom stereocenters. The molecule has 4 rings (SSSR count). The van der Waals surface area contributed by atoms with E-state index in [9.17, 15) is 0 Å². The second-order valence-corrected chi connectivity index (χ2v) is 6.96. The van der Waals surface area contributed by atoms with Crippen LogP contribution in [0.2, 0.25) is 0 Å². The standard InChI is InChI=1S/C20H24N6/c1-16-22-19(25-7-2-3-8-25)14-20(23-16)26-11-9-24(10-12-26)18-6-4-5-17(13-18)15-21/h4-6,13-14H,2-3,7-12H2,1H3. The van der Waals surface area contributed by atoms with E-state index in [4.69, 9.17) is 5.26 Å². The van der Waals surface area contributed by atoms with Gasteiger partial charge in [-0.3, -0.25) is 0 Å². The number of aromatic nitrogens is 2. The van der Waals surface area contributed by atoms with E-state index >= 15 is 0 Å². The minimum absolute atomic E-state index is 0.714. The van der Waals surface area contributed by atoms with Gasteiger partial charge in [0, 0.05) is 51.0 Å². The number of nitriles is 1. The highest BCUT2D eigenvalue weighted by atomic mass is 15.3. The second-order valence-electron chi connectivity index (χ2n) is 6.96. The summed E-state index contributed by atoms with van der Waals surface area (Å²) in [6.45, 7) is 7.87. The zero-order chi connectivity index (χ0) is 17.9. The topological polar surface area (TPSA) is 59.3 Å². The Morgan fingerprint density at radius 2 is 1.46 bits per heavy atom. The molecule has 2 aromatic rings. The fourth-order valence-corrected chi connectivity index (χ4v) is 3.77. The van der Waals surface area contributed by atoms with Gasteiger partial charge in [-0.05, 0) is 38.0 Å². The summed E-state index contributed by atoms with van der Waals surface area (Å²) >= 11 is 0. The molecule has 0 amide bonds. The highest BCUT2D eigenvalue weighted by Crippen LogP contribution is 2.24. The van der Waals surface area contributed by atoms with E-state index in [1.165, 1.54) is 12.8 Å². The minimum Gasteiger partial charge on any atom is -0.368 e.